The van der Waals surface area contributed by atoms with Crippen LogP contribution in [-0.4, -0.2) is 48.7 Å². The van der Waals surface area contributed by atoms with Crippen LogP contribution >= 0.6 is 23.2 Å². The molecule has 0 amide bonds. The number of rotatable bonds is 2. The number of piperidine rings is 3. The Kier molecular flexibility index (Phi) is 4.52. The lowest BCUT2D eigenvalue weighted by Crippen LogP contribution is -2.52. The van der Waals surface area contributed by atoms with E-state index in [-0.39, 0.29) is 11.3 Å². The largest absolute Gasteiger partial charge is 0.460 e. The molecule has 21 heavy (non-hydrogen) atoms. The predicted molar refractivity (Wildman–Crippen MR) is 85.3 cm³/mol. The molecule has 4 heterocycles. The van der Waals surface area contributed by atoms with Gasteiger partial charge in [0.1, 0.15) is 17.1 Å². The fourth-order valence-corrected chi connectivity index (χ4v) is 3.18. The molecule has 1 N–H and O–H groups in total. The molecule has 0 radical (unpaired) electrons. The van der Waals surface area contributed by atoms with Crippen molar-refractivity contribution >= 4 is 35.0 Å². The van der Waals surface area contributed by atoms with E-state index in [4.69, 9.17) is 27.9 Å². The lowest BCUT2D eigenvalue weighted by atomic mass is 9.86. The van der Waals surface area contributed by atoms with Crippen molar-refractivity contribution in [1.29, 1.82) is 0 Å². The second kappa shape index (κ2) is 6.38. The Bertz CT molecular complexity index is 544. The van der Waals surface area contributed by atoms with Gasteiger partial charge in [0.25, 0.3) is 6.02 Å². The highest BCUT2D eigenvalue weighted by Crippen LogP contribution is 2.29. The van der Waals surface area contributed by atoms with E-state index in [0.717, 1.165) is 6.54 Å². The van der Waals surface area contributed by atoms with E-state index in [1.54, 1.807) is 19.2 Å². The fraction of sp³-hybridized carbons (Fsp3) is 0.571. The molecular weight excluding hydrogens is 311 g/mol. The normalized spacial score (nSPS) is 28.5. The van der Waals surface area contributed by atoms with Crippen LogP contribution in [-0.2, 0) is 4.74 Å². The van der Waals surface area contributed by atoms with Gasteiger partial charge in [-0.05, 0) is 44.0 Å². The van der Waals surface area contributed by atoms with Crippen molar-refractivity contribution < 1.29 is 4.74 Å². The zero-order valence-electron chi connectivity index (χ0n) is 11.9. The first kappa shape index (κ1) is 14.9. The Balaban J connectivity index is 1.64. The van der Waals surface area contributed by atoms with E-state index in [9.17, 15) is 0 Å². The van der Waals surface area contributed by atoms with Crippen LogP contribution in [0.2, 0.25) is 10.2 Å². The van der Waals surface area contributed by atoms with Gasteiger partial charge in [-0.2, -0.15) is 0 Å². The van der Waals surface area contributed by atoms with Crippen LogP contribution in [0, 0.1) is 5.92 Å². The molecule has 0 aromatic carbocycles. The predicted octanol–water partition coefficient (Wildman–Crippen LogP) is 2.90. The maximum absolute atomic E-state index is 6.03. The number of ether oxygens (including phenoxy) is 1. The Morgan fingerprint density at radius 1 is 1.38 bits per heavy atom. The maximum atomic E-state index is 6.03. The van der Waals surface area contributed by atoms with Gasteiger partial charge in [0.2, 0.25) is 0 Å². The van der Waals surface area contributed by atoms with Crippen LogP contribution < -0.4 is 5.32 Å². The van der Waals surface area contributed by atoms with Crippen LogP contribution in [0.3, 0.4) is 0 Å². The fourth-order valence-electron chi connectivity index (χ4n) is 2.92. The summed E-state index contributed by atoms with van der Waals surface area (Å²) in [5.74, 6) is 1.20. The summed E-state index contributed by atoms with van der Waals surface area (Å²) in [6, 6.07) is 3.92. The number of amidine groups is 1. The highest BCUT2D eigenvalue weighted by Gasteiger charge is 2.36. The van der Waals surface area contributed by atoms with Gasteiger partial charge >= 0.3 is 0 Å². The van der Waals surface area contributed by atoms with Gasteiger partial charge in [-0.25, -0.2) is 9.98 Å². The summed E-state index contributed by atoms with van der Waals surface area (Å²) in [5.41, 5.74) is 0. The van der Waals surface area contributed by atoms with E-state index >= 15 is 0 Å². The number of aromatic nitrogens is 1. The smallest absolute Gasteiger partial charge is 0.290 e. The molecule has 0 spiro atoms. The van der Waals surface area contributed by atoms with Gasteiger partial charge in [0, 0.05) is 13.6 Å². The quantitative estimate of drug-likeness (QED) is 0.515. The topological polar surface area (TPSA) is 49.8 Å². The first-order valence-electron chi connectivity index (χ1n) is 7.10. The van der Waals surface area contributed by atoms with Crippen molar-refractivity contribution in [2.75, 3.05) is 32.0 Å². The average molecular weight is 329 g/mol. The van der Waals surface area contributed by atoms with Crippen molar-refractivity contribution in [3.05, 3.63) is 22.3 Å². The van der Waals surface area contributed by atoms with E-state index in [1.807, 2.05) is 0 Å². The SMILES string of the molecule is CN=C(Nc1ccc(Cl)c(Cl)n1)O[C@H]1CN2CCC1CC2. The van der Waals surface area contributed by atoms with Gasteiger partial charge in [-0.15, -0.1) is 0 Å². The van der Waals surface area contributed by atoms with E-state index in [1.165, 1.54) is 25.9 Å². The van der Waals surface area contributed by atoms with Crippen molar-refractivity contribution in [1.82, 2.24) is 9.88 Å². The minimum Gasteiger partial charge on any atom is -0.460 e. The van der Waals surface area contributed by atoms with Gasteiger partial charge in [-0.1, -0.05) is 23.2 Å². The first-order chi connectivity index (χ1) is 10.2. The minimum absolute atomic E-state index is 0.196. The van der Waals surface area contributed by atoms with Gasteiger partial charge in [0.15, 0.2) is 0 Å². The molecular formula is C14H18Cl2N4O. The molecule has 114 valence electrons. The molecule has 1 atom stereocenters. The molecule has 1 aromatic heterocycles. The molecule has 7 heteroatoms. The lowest BCUT2D eigenvalue weighted by Gasteiger charge is -2.44. The Morgan fingerprint density at radius 2 is 2.14 bits per heavy atom. The zero-order chi connectivity index (χ0) is 14.8. The number of hydrogen-bond donors (Lipinski definition) is 1. The number of nitrogens with one attached hydrogen (secondary N) is 1. The van der Waals surface area contributed by atoms with Crippen LogP contribution in [0.1, 0.15) is 12.8 Å². The molecule has 3 aliphatic rings. The van der Waals surface area contributed by atoms with Gasteiger partial charge in [-0.3, -0.25) is 10.2 Å². The first-order valence-corrected chi connectivity index (χ1v) is 7.86. The van der Waals surface area contributed by atoms with Crippen molar-refractivity contribution in [3.8, 4) is 0 Å². The third-order valence-electron chi connectivity index (χ3n) is 4.10. The third kappa shape index (κ3) is 3.42. The highest BCUT2D eigenvalue weighted by molar-refractivity contribution is 6.41. The van der Waals surface area contributed by atoms with E-state index in [2.05, 4.69) is 20.2 Å². The number of aliphatic imine (C=N–C) groups is 1. The number of fused-ring (bicyclic) bond motifs is 3. The van der Waals surface area contributed by atoms with E-state index in [0.29, 0.717) is 22.8 Å². The van der Waals surface area contributed by atoms with Crippen molar-refractivity contribution in [2.24, 2.45) is 10.9 Å². The molecule has 3 fully saturated rings. The number of pyridine rings is 1. The summed E-state index contributed by atoms with van der Waals surface area (Å²) in [4.78, 5) is 10.8. The highest BCUT2D eigenvalue weighted by atomic mass is 35.5. The summed E-state index contributed by atoms with van der Waals surface area (Å²) < 4.78 is 6.03. The Labute approximate surface area is 134 Å². The molecule has 3 saturated heterocycles. The summed E-state index contributed by atoms with van der Waals surface area (Å²) in [7, 11) is 1.70. The second-order valence-corrected chi connectivity index (χ2v) is 6.18. The van der Waals surface area contributed by atoms with Crippen LogP contribution in [0.25, 0.3) is 0 Å². The second-order valence-electron chi connectivity index (χ2n) is 5.42. The summed E-state index contributed by atoms with van der Waals surface area (Å²) in [6.07, 6.45) is 2.60. The molecule has 3 aliphatic heterocycles. The molecule has 5 nitrogen and oxygen atoms in total. The van der Waals surface area contributed by atoms with Crippen molar-refractivity contribution in [3.63, 3.8) is 0 Å². The molecule has 1 aromatic rings. The maximum Gasteiger partial charge on any atom is 0.290 e. The van der Waals surface area contributed by atoms with Crippen LogP contribution in [0.4, 0.5) is 5.82 Å². The van der Waals surface area contributed by atoms with E-state index < -0.39 is 0 Å². The number of nitrogens with zero attached hydrogens (tertiary/aromatic N) is 3. The Hall–Kier alpha value is -1.04. The third-order valence-corrected chi connectivity index (χ3v) is 4.79. The number of hydrogen-bond acceptors (Lipinski definition) is 4. The zero-order valence-corrected chi connectivity index (χ0v) is 13.4. The van der Waals surface area contributed by atoms with Crippen molar-refractivity contribution in [2.45, 2.75) is 18.9 Å². The summed E-state index contributed by atoms with van der Waals surface area (Å²) in [5, 5.41) is 3.75. The van der Waals surface area contributed by atoms with Gasteiger partial charge in [0.05, 0.1) is 5.02 Å². The molecule has 2 bridgehead atoms. The standard InChI is InChI=1S/C14H18Cl2N4O/c1-17-14(19-12-3-2-10(15)13(16)18-12)21-11-8-20-6-4-9(11)5-7-20/h2-3,9,11H,4-8H2,1H3,(H,17,18,19)/t11-/m0/s1. The van der Waals surface area contributed by atoms with Crippen LogP contribution in [0.15, 0.2) is 17.1 Å². The monoisotopic (exact) mass is 328 g/mol. The number of halogens is 2. The minimum atomic E-state index is 0.196. The van der Waals surface area contributed by atoms with Gasteiger partial charge < -0.3 is 4.74 Å². The Morgan fingerprint density at radius 3 is 2.71 bits per heavy atom. The molecule has 0 aliphatic carbocycles. The molecule has 4 rings (SSSR count). The average Bonchev–Trinajstić information content (AvgIpc) is 2.51. The summed E-state index contributed by atoms with van der Waals surface area (Å²) >= 11 is 11.8. The lowest BCUT2D eigenvalue weighted by molar-refractivity contribution is -0.0146. The van der Waals surface area contributed by atoms with Crippen LogP contribution in [0.5, 0.6) is 0 Å². The summed E-state index contributed by atoms with van der Waals surface area (Å²) in [6.45, 7) is 3.34. The molecule has 0 unspecified atom stereocenters. The number of anilines is 1. The molecule has 0 saturated carbocycles.